The molecular weight excluding hydrogens is 259 g/mol. The average Bonchev–Trinajstić information content (AvgIpc) is 2.35. The van der Waals surface area contributed by atoms with E-state index in [-0.39, 0.29) is 24.0 Å². The third kappa shape index (κ3) is 3.16. The maximum atomic E-state index is 12.5. The van der Waals surface area contributed by atoms with Crippen molar-refractivity contribution < 1.29 is 17.9 Å². The van der Waals surface area contributed by atoms with Crippen molar-refractivity contribution in [2.75, 3.05) is 11.9 Å². The van der Waals surface area contributed by atoms with Gasteiger partial charge < -0.3 is 15.8 Å². The Balaban J connectivity index is 2.07. The molecule has 1 fully saturated rings. The molecule has 0 amide bonds. The van der Waals surface area contributed by atoms with Crippen molar-refractivity contribution in [2.24, 2.45) is 5.73 Å². The predicted molar refractivity (Wildman–Crippen MR) is 64.7 cm³/mol. The van der Waals surface area contributed by atoms with Crippen LogP contribution in [0.1, 0.15) is 19.0 Å². The summed E-state index contributed by atoms with van der Waals surface area (Å²) < 4.78 is 43.0. The number of nitrogens with two attached hydrogens (primary N) is 1. The Morgan fingerprint density at radius 3 is 2.79 bits per heavy atom. The lowest BCUT2D eigenvalue weighted by atomic mass is 9.83. The molecular formula is C12H16F3N3O. The lowest BCUT2D eigenvalue weighted by Crippen LogP contribution is -2.60. The monoisotopic (exact) mass is 275 g/mol. The van der Waals surface area contributed by atoms with E-state index in [9.17, 15) is 13.2 Å². The number of nitrogens with zero attached hydrogens (tertiary/aromatic N) is 1. The molecule has 0 radical (unpaired) electrons. The van der Waals surface area contributed by atoms with E-state index in [4.69, 9.17) is 10.5 Å². The minimum absolute atomic E-state index is 0.0728. The zero-order valence-corrected chi connectivity index (χ0v) is 10.4. The second-order valence-corrected chi connectivity index (χ2v) is 4.47. The van der Waals surface area contributed by atoms with Crippen LogP contribution in [0.25, 0.3) is 0 Å². The first-order valence-electron chi connectivity index (χ1n) is 6.09. The fourth-order valence-corrected chi connectivity index (χ4v) is 2.07. The van der Waals surface area contributed by atoms with Crippen LogP contribution in [-0.2, 0) is 10.9 Å². The van der Waals surface area contributed by atoms with Crippen molar-refractivity contribution in [3.05, 3.63) is 23.9 Å². The van der Waals surface area contributed by atoms with Gasteiger partial charge in [0.05, 0.1) is 12.1 Å². The maximum absolute atomic E-state index is 12.5. The van der Waals surface area contributed by atoms with Crippen molar-refractivity contribution in [1.29, 1.82) is 0 Å². The van der Waals surface area contributed by atoms with Crippen LogP contribution in [0.4, 0.5) is 19.0 Å². The molecule has 1 aromatic rings. The van der Waals surface area contributed by atoms with Crippen molar-refractivity contribution in [3.63, 3.8) is 0 Å². The molecule has 1 aliphatic carbocycles. The predicted octanol–water partition coefficient (Wildman–Crippen LogP) is 2.02. The number of pyridine rings is 1. The van der Waals surface area contributed by atoms with E-state index in [0.717, 1.165) is 6.07 Å². The molecule has 19 heavy (non-hydrogen) atoms. The molecule has 1 saturated carbocycles. The number of ether oxygens (including phenoxy) is 1. The second kappa shape index (κ2) is 5.34. The normalized spacial score (nSPS) is 26.9. The summed E-state index contributed by atoms with van der Waals surface area (Å²) in [6.07, 6.45) is -3.82. The van der Waals surface area contributed by atoms with E-state index in [2.05, 4.69) is 10.3 Å². The zero-order chi connectivity index (χ0) is 14.0. The third-order valence-electron chi connectivity index (χ3n) is 3.10. The van der Waals surface area contributed by atoms with E-state index < -0.39 is 11.9 Å². The van der Waals surface area contributed by atoms with Crippen LogP contribution in [0.5, 0.6) is 0 Å². The summed E-state index contributed by atoms with van der Waals surface area (Å²) in [6, 6.07) is 3.41. The number of hydrogen-bond donors (Lipinski definition) is 2. The fourth-order valence-electron chi connectivity index (χ4n) is 2.07. The van der Waals surface area contributed by atoms with Gasteiger partial charge in [-0.05, 0) is 25.5 Å². The summed E-state index contributed by atoms with van der Waals surface area (Å²) in [5.74, 6) is 0.166. The number of nitrogens with one attached hydrogen (secondary N) is 1. The van der Waals surface area contributed by atoms with Gasteiger partial charge in [0.2, 0.25) is 0 Å². The Bertz CT molecular complexity index is 436. The highest BCUT2D eigenvalue weighted by atomic mass is 19.4. The van der Waals surface area contributed by atoms with Crippen LogP contribution < -0.4 is 11.1 Å². The molecule has 0 bridgehead atoms. The molecule has 4 nitrogen and oxygen atoms in total. The van der Waals surface area contributed by atoms with Gasteiger partial charge in [0.1, 0.15) is 11.5 Å². The molecule has 2 rings (SSSR count). The number of hydrogen-bond acceptors (Lipinski definition) is 4. The highest BCUT2D eigenvalue weighted by Crippen LogP contribution is 2.30. The molecule has 1 aliphatic rings. The summed E-state index contributed by atoms with van der Waals surface area (Å²) in [4.78, 5) is 3.55. The van der Waals surface area contributed by atoms with Crippen LogP contribution in [0.3, 0.4) is 0 Å². The summed E-state index contributed by atoms with van der Waals surface area (Å²) in [5, 5.41) is 2.91. The first-order valence-corrected chi connectivity index (χ1v) is 6.09. The molecule has 106 valence electrons. The van der Waals surface area contributed by atoms with Crippen LogP contribution in [0.15, 0.2) is 18.2 Å². The van der Waals surface area contributed by atoms with Gasteiger partial charge in [-0.15, -0.1) is 0 Å². The number of anilines is 1. The molecule has 3 N–H and O–H groups in total. The lowest BCUT2D eigenvalue weighted by Gasteiger charge is -2.42. The molecule has 1 aromatic heterocycles. The smallest absolute Gasteiger partial charge is 0.376 e. The highest BCUT2D eigenvalue weighted by Gasteiger charge is 2.40. The number of alkyl halides is 3. The lowest BCUT2D eigenvalue weighted by molar-refractivity contribution is -0.141. The molecule has 0 aromatic carbocycles. The van der Waals surface area contributed by atoms with Gasteiger partial charge in [0.15, 0.2) is 0 Å². The van der Waals surface area contributed by atoms with Crippen molar-refractivity contribution in [3.8, 4) is 0 Å². The Labute approximate surface area is 109 Å². The summed E-state index contributed by atoms with van der Waals surface area (Å²) >= 11 is 0. The largest absolute Gasteiger partial charge is 0.433 e. The van der Waals surface area contributed by atoms with Crippen molar-refractivity contribution in [2.45, 2.75) is 37.7 Å². The van der Waals surface area contributed by atoms with Crippen LogP contribution in [0.2, 0.25) is 0 Å². The highest BCUT2D eigenvalue weighted by molar-refractivity contribution is 5.39. The molecule has 1 heterocycles. The maximum Gasteiger partial charge on any atom is 0.433 e. The van der Waals surface area contributed by atoms with Gasteiger partial charge in [-0.25, -0.2) is 4.98 Å². The van der Waals surface area contributed by atoms with E-state index in [1.54, 1.807) is 0 Å². The van der Waals surface area contributed by atoms with Gasteiger partial charge in [-0.1, -0.05) is 6.07 Å². The number of halogens is 3. The molecule has 3 atom stereocenters. The van der Waals surface area contributed by atoms with E-state index in [1.807, 2.05) is 6.92 Å². The zero-order valence-electron chi connectivity index (χ0n) is 10.4. The van der Waals surface area contributed by atoms with Gasteiger partial charge in [-0.2, -0.15) is 13.2 Å². The number of rotatable bonds is 4. The Morgan fingerprint density at radius 1 is 1.47 bits per heavy atom. The fraction of sp³-hybridized carbons (Fsp3) is 0.583. The van der Waals surface area contributed by atoms with Crippen LogP contribution in [-0.4, -0.2) is 29.8 Å². The van der Waals surface area contributed by atoms with Crippen molar-refractivity contribution in [1.82, 2.24) is 4.98 Å². The van der Waals surface area contributed by atoms with E-state index in [0.29, 0.717) is 13.0 Å². The minimum Gasteiger partial charge on any atom is -0.376 e. The van der Waals surface area contributed by atoms with Gasteiger partial charge in [0.25, 0.3) is 0 Å². The third-order valence-corrected chi connectivity index (χ3v) is 3.10. The molecule has 0 saturated heterocycles. The van der Waals surface area contributed by atoms with Crippen LogP contribution in [0, 0.1) is 0 Å². The van der Waals surface area contributed by atoms with Gasteiger partial charge in [0, 0.05) is 12.6 Å². The summed E-state index contributed by atoms with van der Waals surface area (Å²) in [5.41, 5.74) is 4.90. The first kappa shape index (κ1) is 14.1. The average molecular weight is 275 g/mol. The summed E-state index contributed by atoms with van der Waals surface area (Å²) in [7, 11) is 0. The Morgan fingerprint density at radius 2 is 2.21 bits per heavy atom. The summed E-state index contributed by atoms with van der Waals surface area (Å²) in [6.45, 7) is 2.41. The first-order chi connectivity index (χ1) is 8.91. The minimum atomic E-state index is -4.45. The van der Waals surface area contributed by atoms with Gasteiger partial charge >= 0.3 is 6.18 Å². The standard InChI is InChI=1S/C12H16F3N3O/c1-2-19-8-6-7(16)11(8)18-10-5-3-4-9(17-10)12(13,14)15/h3-5,7-8,11H,2,6,16H2,1H3,(H,17,18). The van der Waals surface area contributed by atoms with Crippen LogP contribution >= 0.6 is 0 Å². The van der Waals surface area contributed by atoms with E-state index in [1.165, 1.54) is 12.1 Å². The SMILES string of the molecule is CCOC1CC(N)C1Nc1cccc(C(F)(F)F)n1. The topological polar surface area (TPSA) is 60.2 Å². The molecule has 7 heteroatoms. The quantitative estimate of drug-likeness (QED) is 0.882. The number of aromatic nitrogens is 1. The molecule has 3 unspecified atom stereocenters. The molecule has 0 spiro atoms. The molecule has 0 aliphatic heterocycles. The van der Waals surface area contributed by atoms with E-state index >= 15 is 0 Å². The Hall–Kier alpha value is -1.34. The Kier molecular flexibility index (Phi) is 3.96. The van der Waals surface area contributed by atoms with Gasteiger partial charge in [-0.3, -0.25) is 0 Å². The second-order valence-electron chi connectivity index (χ2n) is 4.47. The van der Waals surface area contributed by atoms with Crippen molar-refractivity contribution >= 4 is 5.82 Å².